The molecule has 0 saturated heterocycles. The van der Waals surface area contributed by atoms with Gasteiger partial charge in [-0.05, 0) is 25.0 Å². The standard InChI is InChI=1S/C25H44O3S.Ba.2H/c1-3-4-5-6-7-8-9-10-11-12-13-14-15-16-17-20-23-28-29(26,27)25-22-19-18-21-24(25)2;;;/h18-19,21-22H,3-17,20,23H2,1-2H3;;;. The molecule has 0 fully saturated rings. The van der Waals surface area contributed by atoms with Crippen molar-refractivity contribution in [1.82, 2.24) is 0 Å². The van der Waals surface area contributed by atoms with Crippen molar-refractivity contribution in [3.8, 4) is 0 Å². The third kappa shape index (κ3) is 15.5. The second-order valence-corrected chi connectivity index (χ2v) is 9.93. The van der Waals surface area contributed by atoms with Crippen molar-refractivity contribution >= 4 is 59.0 Å². The Morgan fingerprint density at radius 2 is 1.07 bits per heavy atom. The summed E-state index contributed by atoms with van der Waals surface area (Å²) in [5.74, 6) is 0. The van der Waals surface area contributed by atoms with E-state index in [0.717, 1.165) is 18.4 Å². The molecular formula is C25H46BaO3S. The Labute approximate surface area is 227 Å². The fourth-order valence-corrected chi connectivity index (χ4v) is 4.89. The van der Waals surface area contributed by atoms with E-state index in [1.54, 1.807) is 25.1 Å². The minimum absolute atomic E-state index is 0. The molecule has 0 unspecified atom stereocenters. The van der Waals surface area contributed by atoms with Gasteiger partial charge in [0.15, 0.2) is 0 Å². The maximum absolute atomic E-state index is 12.2. The van der Waals surface area contributed by atoms with Crippen LogP contribution >= 0.6 is 0 Å². The molecule has 0 bridgehead atoms. The summed E-state index contributed by atoms with van der Waals surface area (Å²) < 4.78 is 29.6. The Hall–Kier alpha value is 0.701. The van der Waals surface area contributed by atoms with Crippen molar-refractivity contribution in [3.05, 3.63) is 29.8 Å². The Bertz CT molecular complexity index is 617. The van der Waals surface area contributed by atoms with Crippen LogP contribution < -0.4 is 0 Å². The summed E-state index contributed by atoms with van der Waals surface area (Å²) in [4.78, 5) is 0.288. The van der Waals surface area contributed by atoms with E-state index in [4.69, 9.17) is 4.18 Å². The van der Waals surface area contributed by atoms with Gasteiger partial charge in [0.1, 0.15) is 0 Å². The second kappa shape index (κ2) is 20.3. The van der Waals surface area contributed by atoms with E-state index in [2.05, 4.69) is 6.92 Å². The molecule has 172 valence electrons. The van der Waals surface area contributed by atoms with E-state index >= 15 is 0 Å². The van der Waals surface area contributed by atoms with Crippen LogP contribution in [0.25, 0.3) is 0 Å². The van der Waals surface area contributed by atoms with Crippen LogP contribution in [0.1, 0.15) is 115 Å². The molecule has 0 saturated carbocycles. The summed E-state index contributed by atoms with van der Waals surface area (Å²) >= 11 is 0. The molecule has 5 heteroatoms. The normalized spacial score (nSPS) is 11.4. The van der Waals surface area contributed by atoms with Crippen LogP contribution in [0.5, 0.6) is 0 Å². The molecule has 0 aromatic heterocycles. The van der Waals surface area contributed by atoms with Gasteiger partial charge in [0.05, 0.1) is 11.5 Å². The van der Waals surface area contributed by atoms with Crippen molar-refractivity contribution in [2.45, 2.75) is 121 Å². The van der Waals surface area contributed by atoms with Crippen molar-refractivity contribution in [2.75, 3.05) is 6.61 Å². The molecule has 1 aromatic rings. The summed E-state index contributed by atoms with van der Waals surface area (Å²) in [6.45, 7) is 4.36. The first-order valence-electron chi connectivity index (χ1n) is 12.0. The molecule has 0 heterocycles. The predicted molar refractivity (Wildman–Crippen MR) is 132 cm³/mol. The fraction of sp³-hybridized carbons (Fsp3) is 0.760. The van der Waals surface area contributed by atoms with Crippen molar-refractivity contribution < 1.29 is 12.6 Å². The van der Waals surface area contributed by atoms with Gasteiger partial charge in [-0.3, -0.25) is 4.18 Å². The Kier molecular flexibility index (Phi) is 20.8. The molecule has 0 N–H and O–H groups in total. The molecule has 3 nitrogen and oxygen atoms in total. The van der Waals surface area contributed by atoms with Crippen molar-refractivity contribution in [3.63, 3.8) is 0 Å². The molecule has 1 aromatic carbocycles. The minimum atomic E-state index is -3.61. The summed E-state index contributed by atoms with van der Waals surface area (Å²) in [7, 11) is -3.61. The Balaban J connectivity index is 0.00000841. The van der Waals surface area contributed by atoms with E-state index in [1.165, 1.54) is 89.9 Å². The zero-order valence-electron chi connectivity index (χ0n) is 19.0. The molecular weight excluding hydrogens is 518 g/mol. The Morgan fingerprint density at radius 3 is 1.50 bits per heavy atom. The van der Waals surface area contributed by atoms with Crippen LogP contribution in [0.4, 0.5) is 0 Å². The van der Waals surface area contributed by atoms with Crippen LogP contribution in [-0.4, -0.2) is 63.9 Å². The van der Waals surface area contributed by atoms with Gasteiger partial charge < -0.3 is 0 Å². The van der Waals surface area contributed by atoms with Crippen molar-refractivity contribution in [1.29, 1.82) is 0 Å². The number of aryl methyl sites for hydroxylation is 1. The number of rotatable bonds is 19. The quantitative estimate of drug-likeness (QED) is 0.103. The molecule has 0 spiro atoms. The molecule has 30 heavy (non-hydrogen) atoms. The van der Waals surface area contributed by atoms with Gasteiger partial charge in [-0.15, -0.1) is 0 Å². The van der Waals surface area contributed by atoms with Gasteiger partial charge in [-0.25, -0.2) is 0 Å². The monoisotopic (exact) mass is 564 g/mol. The zero-order valence-corrected chi connectivity index (χ0v) is 19.8. The third-order valence-electron chi connectivity index (χ3n) is 5.60. The molecule has 0 amide bonds. The third-order valence-corrected chi connectivity index (χ3v) is 7.07. The molecule has 1 rings (SSSR count). The Morgan fingerprint density at radius 1 is 0.667 bits per heavy atom. The maximum atomic E-state index is 12.2. The zero-order chi connectivity index (χ0) is 21.2. The van der Waals surface area contributed by atoms with Gasteiger partial charge in [-0.1, -0.05) is 121 Å². The second-order valence-electron chi connectivity index (χ2n) is 8.34. The molecule has 0 aliphatic rings. The van der Waals surface area contributed by atoms with E-state index < -0.39 is 10.1 Å². The summed E-state index contributed by atoms with van der Waals surface area (Å²) in [6.07, 6.45) is 20.9. The number of unbranched alkanes of at least 4 members (excludes halogenated alkanes) is 15. The van der Waals surface area contributed by atoms with Gasteiger partial charge >= 0.3 is 48.9 Å². The average molecular weight is 564 g/mol. The predicted octanol–water partition coefficient (Wildman–Crippen LogP) is 7.05. The van der Waals surface area contributed by atoms with E-state index in [0.29, 0.717) is 0 Å². The van der Waals surface area contributed by atoms with Gasteiger partial charge in [0.2, 0.25) is 0 Å². The van der Waals surface area contributed by atoms with E-state index in [9.17, 15) is 8.42 Å². The van der Waals surface area contributed by atoms with E-state index in [1.807, 2.05) is 6.07 Å². The average Bonchev–Trinajstić information content (AvgIpc) is 2.70. The molecule has 0 aliphatic carbocycles. The first kappa shape index (κ1) is 30.7. The first-order chi connectivity index (χ1) is 14.1. The van der Waals surface area contributed by atoms with Crippen LogP contribution in [0, 0.1) is 6.92 Å². The van der Waals surface area contributed by atoms with Crippen LogP contribution in [0.3, 0.4) is 0 Å². The SMILES string of the molecule is CCCCCCCCCCCCCCCCCCOS(=O)(=O)c1ccccc1C.[BaH2]. The summed E-state index contributed by atoms with van der Waals surface area (Å²) in [5, 5.41) is 0. The van der Waals surface area contributed by atoms with Crippen LogP contribution in [-0.2, 0) is 14.3 Å². The fourth-order valence-electron chi connectivity index (χ4n) is 3.72. The molecule has 0 atom stereocenters. The van der Waals surface area contributed by atoms with E-state index in [-0.39, 0.29) is 60.4 Å². The topological polar surface area (TPSA) is 43.4 Å². The first-order valence-corrected chi connectivity index (χ1v) is 13.4. The van der Waals surface area contributed by atoms with Gasteiger partial charge in [-0.2, -0.15) is 8.42 Å². The number of hydrogen-bond acceptors (Lipinski definition) is 3. The number of hydrogen-bond donors (Lipinski definition) is 0. The van der Waals surface area contributed by atoms with Crippen LogP contribution in [0.2, 0.25) is 0 Å². The van der Waals surface area contributed by atoms with Gasteiger partial charge in [0.25, 0.3) is 10.1 Å². The molecule has 0 radical (unpaired) electrons. The molecule has 0 aliphatic heterocycles. The number of benzene rings is 1. The van der Waals surface area contributed by atoms with Gasteiger partial charge in [0, 0.05) is 0 Å². The summed E-state index contributed by atoms with van der Waals surface area (Å²) in [5.41, 5.74) is 0.736. The van der Waals surface area contributed by atoms with Crippen molar-refractivity contribution in [2.24, 2.45) is 0 Å². The van der Waals surface area contributed by atoms with Crippen LogP contribution in [0.15, 0.2) is 29.2 Å². The summed E-state index contributed by atoms with van der Waals surface area (Å²) in [6, 6.07) is 6.98.